The SMILES string of the molecule is CC(C)NC(=O)c1ccc2c(c1)CCCCCC(C(C)(C)NC(=O)c1cccc3c1CCCCCCC3)CCC2. The standard InChI is InChI=1S/C36H52N2O2/c1-26(2)37-34(39)30-24-23-27-17-13-20-31(19-11-8-10-16-29(27)25-30)36(3,4)38-35(40)33-22-14-18-28-15-9-6-5-7-12-21-32(28)33/h14,18,22-26,31H,5-13,15-17,19-21H2,1-4H3,(H,37,39)(H,38,40). The Balaban J connectivity index is 1.45. The minimum absolute atomic E-state index is 0.0195. The van der Waals surface area contributed by atoms with Crippen molar-refractivity contribution in [2.45, 2.75) is 136 Å². The van der Waals surface area contributed by atoms with Gasteiger partial charge in [-0.1, -0.05) is 50.3 Å². The summed E-state index contributed by atoms with van der Waals surface area (Å²) in [4.78, 5) is 26.4. The van der Waals surface area contributed by atoms with Crippen LogP contribution in [0.4, 0.5) is 0 Å². The van der Waals surface area contributed by atoms with Gasteiger partial charge in [-0.3, -0.25) is 9.59 Å². The quantitative estimate of drug-likeness (QED) is 0.399. The summed E-state index contributed by atoms with van der Waals surface area (Å²) in [7, 11) is 0. The molecule has 0 aliphatic heterocycles. The van der Waals surface area contributed by atoms with E-state index in [1.54, 1.807) is 0 Å². The maximum Gasteiger partial charge on any atom is 0.251 e. The monoisotopic (exact) mass is 544 g/mol. The van der Waals surface area contributed by atoms with Crippen LogP contribution in [0.2, 0.25) is 0 Å². The van der Waals surface area contributed by atoms with Crippen molar-refractivity contribution in [3.8, 4) is 0 Å². The molecule has 2 aromatic carbocycles. The molecule has 0 spiro atoms. The second kappa shape index (κ2) is 14.3. The predicted molar refractivity (Wildman–Crippen MR) is 166 cm³/mol. The number of aryl methyl sites for hydroxylation is 3. The Labute approximate surface area is 243 Å². The molecule has 4 nitrogen and oxygen atoms in total. The molecule has 40 heavy (non-hydrogen) atoms. The number of carbonyl (C=O) groups is 2. The summed E-state index contributed by atoms with van der Waals surface area (Å²) in [5.74, 6) is 0.557. The highest BCUT2D eigenvalue weighted by Crippen LogP contribution is 2.31. The van der Waals surface area contributed by atoms with Crippen LogP contribution >= 0.6 is 0 Å². The third kappa shape index (κ3) is 8.21. The Morgan fingerprint density at radius 1 is 0.725 bits per heavy atom. The van der Waals surface area contributed by atoms with Crippen molar-refractivity contribution in [3.05, 3.63) is 69.8 Å². The Morgan fingerprint density at radius 3 is 2.15 bits per heavy atom. The van der Waals surface area contributed by atoms with Crippen LogP contribution in [0.5, 0.6) is 0 Å². The molecule has 2 N–H and O–H groups in total. The lowest BCUT2D eigenvalue weighted by Gasteiger charge is -2.36. The van der Waals surface area contributed by atoms with Crippen molar-refractivity contribution in [1.82, 2.24) is 10.6 Å². The van der Waals surface area contributed by atoms with Crippen molar-refractivity contribution in [2.75, 3.05) is 0 Å². The number of nitrogens with one attached hydrogen (secondary N) is 2. The average molecular weight is 545 g/mol. The number of fused-ring (bicyclic) bond motifs is 2. The topological polar surface area (TPSA) is 58.2 Å². The molecule has 1 atom stereocenters. The first-order valence-electron chi connectivity index (χ1n) is 16.1. The van der Waals surface area contributed by atoms with Gasteiger partial charge in [0.25, 0.3) is 11.8 Å². The van der Waals surface area contributed by atoms with E-state index in [0.717, 1.165) is 62.5 Å². The molecular formula is C36H52N2O2. The van der Waals surface area contributed by atoms with Crippen LogP contribution < -0.4 is 10.6 Å². The molecule has 218 valence electrons. The zero-order chi connectivity index (χ0) is 28.5. The highest BCUT2D eigenvalue weighted by molar-refractivity contribution is 5.96. The molecule has 0 aromatic heterocycles. The lowest BCUT2D eigenvalue weighted by molar-refractivity contribution is 0.0866. The fourth-order valence-electron chi connectivity index (χ4n) is 6.86. The van der Waals surface area contributed by atoms with Gasteiger partial charge in [-0.05, 0) is 138 Å². The molecule has 1 unspecified atom stereocenters. The molecule has 0 heterocycles. The van der Waals surface area contributed by atoms with E-state index in [4.69, 9.17) is 0 Å². The Hall–Kier alpha value is -2.62. The van der Waals surface area contributed by atoms with Crippen molar-refractivity contribution >= 4 is 11.8 Å². The van der Waals surface area contributed by atoms with Gasteiger partial charge in [0, 0.05) is 22.7 Å². The zero-order valence-electron chi connectivity index (χ0n) is 25.5. The summed E-state index contributed by atoms with van der Waals surface area (Å²) < 4.78 is 0. The minimum Gasteiger partial charge on any atom is -0.350 e. The highest BCUT2D eigenvalue weighted by Gasteiger charge is 2.32. The van der Waals surface area contributed by atoms with Crippen LogP contribution in [-0.4, -0.2) is 23.4 Å². The van der Waals surface area contributed by atoms with Crippen molar-refractivity contribution in [1.29, 1.82) is 0 Å². The fourth-order valence-corrected chi connectivity index (χ4v) is 6.86. The third-order valence-electron chi connectivity index (χ3n) is 9.23. The van der Waals surface area contributed by atoms with E-state index in [9.17, 15) is 9.59 Å². The molecule has 0 saturated carbocycles. The fraction of sp³-hybridized carbons (Fsp3) is 0.611. The van der Waals surface area contributed by atoms with E-state index in [2.05, 4.69) is 48.7 Å². The van der Waals surface area contributed by atoms with E-state index in [1.807, 2.05) is 26.0 Å². The number of hydrogen-bond acceptors (Lipinski definition) is 2. The van der Waals surface area contributed by atoms with Gasteiger partial charge in [-0.2, -0.15) is 0 Å². The lowest BCUT2D eigenvalue weighted by Crippen LogP contribution is -2.49. The van der Waals surface area contributed by atoms with Crippen LogP contribution in [0.25, 0.3) is 0 Å². The van der Waals surface area contributed by atoms with Gasteiger partial charge in [-0.25, -0.2) is 0 Å². The van der Waals surface area contributed by atoms with E-state index >= 15 is 0 Å². The van der Waals surface area contributed by atoms with Gasteiger partial charge >= 0.3 is 0 Å². The largest absolute Gasteiger partial charge is 0.350 e. The molecule has 2 aliphatic rings. The van der Waals surface area contributed by atoms with E-state index in [-0.39, 0.29) is 23.4 Å². The second-order valence-corrected chi connectivity index (χ2v) is 13.2. The van der Waals surface area contributed by atoms with Crippen molar-refractivity contribution in [3.63, 3.8) is 0 Å². The van der Waals surface area contributed by atoms with Gasteiger partial charge in [0.05, 0.1) is 0 Å². The Bertz CT molecular complexity index is 1150. The summed E-state index contributed by atoms with van der Waals surface area (Å²) in [6.45, 7) is 8.47. The van der Waals surface area contributed by atoms with Crippen molar-refractivity contribution < 1.29 is 9.59 Å². The van der Waals surface area contributed by atoms with Crippen molar-refractivity contribution in [2.24, 2.45) is 5.92 Å². The molecule has 2 aliphatic carbocycles. The maximum atomic E-state index is 13.8. The molecule has 0 radical (unpaired) electrons. The summed E-state index contributed by atoms with van der Waals surface area (Å²) in [6, 6.07) is 12.8. The van der Waals surface area contributed by atoms with Gasteiger partial charge in [-0.15, -0.1) is 0 Å². The van der Waals surface area contributed by atoms with Crippen LogP contribution in [0.3, 0.4) is 0 Å². The molecular weight excluding hydrogens is 492 g/mol. The van der Waals surface area contributed by atoms with E-state index in [1.165, 1.54) is 67.2 Å². The molecule has 0 bridgehead atoms. The normalized spacial score (nSPS) is 19.2. The highest BCUT2D eigenvalue weighted by atomic mass is 16.2. The Kier molecular flexibility index (Phi) is 10.9. The Morgan fingerprint density at radius 2 is 1.38 bits per heavy atom. The molecule has 0 saturated heterocycles. The van der Waals surface area contributed by atoms with Crippen LogP contribution in [0.1, 0.15) is 141 Å². The summed E-state index contributed by atoms with van der Waals surface area (Å²) >= 11 is 0. The third-order valence-corrected chi connectivity index (χ3v) is 9.23. The summed E-state index contributed by atoms with van der Waals surface area (Å²) in [6.07, 6.45) is 17.2. The average Bonchev–Trinajstić information content (AvgIpc) is 2.99. The van der Waals surface area contributed by atoms with Crippen LogP contribution in [0, 0.1) is 5.92 Å². The maximum absolute atomic E-state index is 13.8. The second-order valence-electron chi connectivity index (χ2n) is 13.2. The summed E-state index contributed by atoms with van der Waals surface area (Å²) in [5, 5.41) is 6.54. The van der Waals surface area contributed by atoms with Gasteiger partial charge < -0.3 is 10.6 Å². The van der Waals surface area contributed by atoms with Gasteiger partial charge in [0.2, 0.25) is 0 Å². The number of hydrogen-bond donors (Lipinski definition) is 2. The molecule has 0 fully saturated rings. The zero-order valence-corrected chi connectivity index (χ0v) is 25.5. The number of benzene rings is 2. The predicted octanol–water partition coefficient (Wildman–Crippen LogP) is 8.14. The van der Waals surface area contributed by atoms with Gasteiger partial charge in [0.1, 0.15) is 0 Å². The minimum atomic E-state index is -0.270. The first kappa shape index (κ1) is 30.3. The number of amides is 2. The first-order valence-corrected chi connectivity index (χ1v) is 16.1. The molecule has 2 aromatic rings. The molecule has 4 rings (SSSR count). The number of rotatable bonds is 5. The molecule has 2 amide bonds. The van der Waals surface area contributed by atoms with E-state index in [0.29, 0.717) is 5.92 Å². The first-order chi connectivity index (χ1) is 19.2. The van der Waals surface area contributed by atoms with Crippen LogP contribution in [0.15, 0.2) is 36.4 Å². The lowest BCUT2D eigenvalue weighted by atomic mass is 9.79. The smallest absolute Gasteiger partial charge is 0.251 e. The number of carbonyl (C=O) groups excluding carboxylic acids is 2. The van der Waals surface area contributed by atoms with Crippen LogP contribution in [-0.2, 0) is 25.7 Å². The van der Waals surface area contributed by atoms with E-state index < -0.39 is 0 Å². The summed E-state index contributed by atoms with van der Waals surface area (Å²) in [5.41, 5.74) is 6.78. The van der Waals surface area contributed by atoms with Gasteiger partial charge in [0.15, 0.2) is 0 Å². The molecule has 4 heteroatoms.